The molecule has 1 rings (SSSR count). The highest BCUT2D eigenvalue weighted by Gasteiger charge is 2.53. The molecule has 0 aliphatic carbocycles. The van der Waals surface area contributed by atoms with E-state index in [1.165, 1.54) is 0 Å². The molecule has 8 heteroatoms. The summed E-state index contributed by atoms with van der Waals surface area (Å²) in [5.41, 5.74) is 13.0. The summed E-state index contributed by atoms with van der Waals surface area (Å²) < 4.78 is 5.37. The van der Waals surface area contributed by atoms with Crippen molar-refractivity contribution >= 4 is 6.09 Å². The van der Waals surface area contributed by atoms with Gasteiger partial charge in [0.15, 0.2) is 5.60 Å². The van der Waals surface area contributed by atoms with Crippen molar-refractivity contribution in [2.45, 2.75) is 50.9 Å². The average Bonchev–Trinajstić information content (AvgIpc) is 2.69. The van der Waals surface area contributed by atoms with Gasteiger partial charge >= 0.3 is 6.09 Å². The SMILES string of the molecule is CCC(O)[C@@]1(C)OC(=O)N(CCCCN=[N+]=[N-])[C@@H]1CN. The predicted molar refractivity (Wildman–Crippen MR) is 74.0 cm³/mol. The second-order valence-corrected chi connectivity index (χ2v) is 5.08. The normalized spacial score (nSPS) is 27.1. The quantitative estimate of drug-likeness (QED) is 0.302. The third kappa shape index (κ3) is 3.33. The lowest BCUT2D eigenvalue weighted by Crippen LogP contribution is -2.54. The lowest BCUT2D eigenvalue weighted by molar-refractivity contribution is -0.0594. The second-order valence-electron chi connectivity index (χ2n) is 5.08. The van der Waals surface area contributed by atoms with Gasteiger partial charge in [-0.15, -0.1) is 0 Å². The number of cyclic esters (lactones) is 1. The second kappa shape index (κ2) is 7.33. The highest BCUT2D eigenvalue weighted by atomic mass is 16.6. The van der Waals surface area contributed by atoms with Gasteiger partial charge in [0.05, 0.1) is 12.1 Å². The molecule has 0 aromatic carbocycles. The van der Waals surface area contributed by atoms with Gasteiger partial charge < -0.3 is 15.6 Å². The summed E-state index contributed by atoms with van der Waals surface area (Å²) in [6, 6.07) is -0.343. The van der Waals surface area contributed by atoms with E-state index in [2.05, 4.69) is 10.0 Å². The van der Waals surface area contributed by atoms with Gasteiger partial charge in [0.2, 0.25) is 0 Å². The Kier molecular flexibility index (Phi) is 6.06. The van der Waals surface area contributed by atoms with Gasteiger partial charge in [0.1, 0.15) is 0 Å². The molecule has 0 spiro atoms. The van der Waals surface area contributed by atoms with Crippen LogP contribution in [0.3, 0.4) is 0 Å². The molecule has 3 atom stereocenters. The topological polar surface area (TPSA) is 125 Å². The molecule has 20 heavy (non-hydrogen) atoms. The van der Waals surface area contributed by atoms with Gasteiger partial charge in [-0.05, 0) is 31.7 Å². The van der Waals surface area contributed by atoms with Gasteiger partial charge in [-0.2, -0.15) is 0 Å². The highest BCUT2D eigenvalue weighted by Crippen LogP contribution is 2.33. The number of ether oxygens (including phenoxy) is 1. The fourth-order valence-electron chi connectivity index (χ4n) is 2.56. The van der Waals surface area contributed by atoms with Crippen LogP contribution in [-0.2, 0) is 4.74 Å². The van der Waals surface area contributed by atoms with Crippen molar-refractivity contribution in [3.63, 3.8) is 0 Å². The minimum Gasteiger partial charge on any atom is -0.438 e. The van der Waals surface area contributed by atoms with Crippen molar-refractivity contribution in [2.75, 3.05) is 19.6 Å². The Labute approximate surface area is 118 Å². The van der Waals surface area contributed by atoms with E-state index in [9.17, 15) is 9.90 Å². The van der Waals surface area contributed by atoms with Crippen molar-refractivity contribution in [1.82, 2.24) is 4.90 Å². The van der Waals surface area contributed by atoms with E-state index in [0.717, 1.165) is 0 Å². The summed E-state index contributed by atoms with van der Waals surface area (Å²) in [4.78, 5) is 16.2. The van der Waals surface area contributed by atoms with Gasteiger partial charge in [0.25, 0.3) is 0 Å². The van der Waals surface area contributed by atoms with Crippen LogP contribution in [0.2, 0.25) is 0 Å². The first-order valence-corrected chi connectivity index (χ1v) is 6.89. The molecule has 1 fully saturated rings. The van der Waals surface area contributed by atoms with E-state index in [4.69, 9.17) is 16.0 Å². The molecule has 0 radical (unpaired) electrons. The zero-order valence-corrected chi connectivity index (χ0v) is 12.0. The molecule has 0 saturated carbocycles. The van der Waals surface area contributed by atoms with Crippen molar-refractivity contribution < 1.29 is 14.6 Å². The number of unbranched alkanes of at least 4 members (excludes halogenated alkanes) is 1. The summed E-state index contributed by atoms with van der Waals surface area (Å²) in [6.07, 6.45) is 0.693. The van der Waals surface area contributed by atoms with Crippen LogP contribution in [0.15, 0.2) is 5.11 Å². The van der Waals surface area contributed by atoms with Crippen molar-refractivity contribution in [3.8, 4) is 0 Å². The van der Waals surface area contributed by atoms with Gasteiger partial charge in [-0.25, -0.2) is 4.79 Å². The largest absolute Gasteiger partial charge is 0.438 e. The number of aliphatic hydroxyl groups is 1. The van der Waals surface area contributed by atoms with E-state index in [-0.39, 0.29) is 12.6 Å². The molecule has 8 nitrogen and oxygen atoms in total. The number of carbonyl (C=O) groups excluding carboxylic acids is 1. The maximum absolute atomic E-state index is 12.0. The van der Waals surface area contributed by atoms with Crippen LogP contribution in [-0.4, -0.2) is 53.5 Å². The fourth-order valence-corrected chi connectivity index (χ4v) is 2.56. The predicted octanol–water partition coefficient (Wildman–Crippen LogP) is 1.39. The minimum absolute atomic E-state index is 0.232. The molecule has 0 bridgehead atoms. The van der Waals surface area contributed by atoms with E-state index >= 15 is 0 Å². The highest BCUT2D eigenvalue weighted by molar-refractivity contribution is 5.71. The van der Waals surface area contributed by atoms with Crippen molar-refractivity contribution in [1.29, 1.82) is 0 Å². The number of rotatable bonds is 8. The Balaban J connectivity index is 2.66. The average molecular weight is 285 g/mol. The number of aliphatic hydroxyl groups excluding tert-OH is 1. The van der Waals surface area contributed by atoms with E-state index in [1.807, 2.05) is 6.92 Å². The number of hydrogen-bond acceptors (Lipinski definition) is 5. The molecule has 1 saturated heterocycles. The molecule has 1 unspecified atom stereocenters. The van der Waals surface area contributed by atoms with Gasteiger partial charge in [-0.3, -0.25) is 4.90 Å². The molecular formula is C12H23N5O3. The lowest BCUT2D eigenvalue weighted by atomic mass is 9.88. The van der Waals surface area contributed by atoms with Crippen molar-refractivity contribution in [2.24, 2.45) is 10.8 Å². The Bertz CT molecular complexity index is 385. The molecule has 0 aromatic heterocycles. The number of hydrogen-bond donors (Lipinski definition) is 2. The molecule has 1 heterocycles. The van der Waals surface area contributed by atoms with Gasteiger partial charge in [0, 0.05) is 24.5 Å². The maximum Gasteiger partial charge on any atom is 0.410 e. The number of carbonyl (C=O) groups is 1. The fraction of sp³-hybridized carbons (Fsp3) is 0.917. The lowest BCUT2D eigenvalue weighted by Gasteiger charge is -2.34. The number of amides is 1. The summed E-state index contributed by atoms with van der Waals surface area (Å²) in [7, 11) is 0. The Morgan fingerprint density at radius 1 is 1.65 bits per heavy atom. The van der Waals surface area contributed by atoms with Crippen LogP contribution in [0.25, 0.3) is 10.4 Å². The molecule has 1 aliphatic heterocycles. The third-order valence-corrected chi connectivity index (χ3v) is 3.82. The minimum atomic E-state index is -0.967. The van der Waals surface area contributed by atoms with E-state index in [1.54, 1.807) is 11.8 Å². The first-order valence-electron chi connectivity index (χ1n) is 6.89. The molecule has 1 amide bonds. The summed E-state index contributed by atoms with van der Waals surface area (Å²) in [5.74, 6) is 0. The van der Waals surface area contributed by atoms with Crippen LogP contribution in [0, 0.1) is 0 Å². The molecular weight excluding hydrogens is 262 g/mol. The molecule has 3 N–H and O–H groups in total. The standard InChI is InChI=1S/C12H23N5O3/c1-3-10(18)12(2)9(8-13)17(11(19)20-12)7-5-4-6-15-16-14/h9-10,18H,3-8,13H2,1-2H3/t9-,10?,12+/m1/s1. The Morgan fingerprint density at radius 3 is 2.90 bits per heavy atom. The van der Waals surface area contributed by atoms with Crippen LogP contribution < -0.4 is 5.73 Å². The van der Waals surface area contributed by atoms with Crippen LogP contribution in [0.1, 0.15) is 33.1 Å². The Hall–Kier alpha value is -1.50. The first kappa shape index (κ1) is 16.6. The van der Waals surface area contributed by atoms with Crippen LogP contribution >= 0.6 is 0 Å². The number of nitrogens with two attached hydrogens (primary N) is 1. The van der Waals surface area contributed by atoms with Gasteiger partial charge in [-0.1, -0.05) is 12.0 Å². The number of azide groups is 1. The smallest absolute Gasteiger partial charge is 0.410 e. The summed E-state index contributed by atoms with van der Waals surface area (Å²) in [5, 5.41) is 13.5. The molecule has 1 aliphatic rings. The zero-order valence-electron chi connectivity index (χ0n) is 12.0. The zero-order chi connectivity index (χ0) is 15.2. The van der Waals surface area contributed by atoms with E-state index < -0.39 is 17.8 Å². The maximum atomic E-state index is 12.0. The molecule has 114 valence electrons. The monoisotopic (exact) mass is 285 g/mol. The van der Waals surface area contributed by atoms with Crippen LogP contribution in [0.4, 0.5) is 4.79 Å². The summed E-state index contributed by atoms with van der Waals surface area (Å²) in [6.45, 7) is 4.67. The molecule has 0 aromatic rings. The van der Waals surface area contributed by atoms with Crippen LogP contribution in [0.5, 0.6) is 0 Å². The summed E-state index contributed by atoms with van der Waals surface area (Å²) >= 11 is 0. The Morgan fingerprint density at radius 2 is 2.35 bits per heavy atom. The number of nitrogens with zero attached hydrogens (tertiary/aromatic N) is 4. The first-order chi connectivity index (χ1) is 9.51. The van der Waals surface area contributed by atoms with E-state index in [0.29, 0.717) is 32.4 Å². The van der Waals surface area contributed by atoms with Crippen molar-refractivity contribution in [3.05, 3.63) is 10.4 Å². The third-order valence-electron chi connectivity index (χ3n) is 3.82.